The van der Waals surface area contributed by atoms with E-state index in [2.05, 4.69) is 31.5 Å². The summed E-state index contributed by atoms with van der Waals surface area (Å²) in [6.45, 7) is 0.208. The fraction of sp³-hybridized carbons (Fsp3) is 0.0909. The summed E-state index contributed by atoms with van der Waals surface area (Å²) in [7, 11) is 0. The molecule has 6 heteroatoms. The molecule has 1 amide bonds. The molecule has 2 rings (SSSR count). The number of rotatable bonds is 4. The van der Waals surface area contributed by atoms with E-state index in [1.165, 1.54) is 11.3 Å². The molecule has 0 unspecified atom stereocenters. The smallest absolute Gasteiger partial charge is 0.243 e. The van der Waals surface area contributed by atoms with Crippen LogP contribution in [0.5, 0.6) is 0 Å². The van der Waals surface area contributed by atoms with E-state index >= 15 is 0 Å². The summed E-state index contributed by atoms with van der Waals surface area (Å²) < 4.78 is 0.934. The second-order valence-electron chi connectivity index (χ2n) is 3.25. The van der Waals surface area contributed by atoms with Crippen LogP contribution in [-0.4, -0.2) is 17.4 Å². The molecule has 2 aromatic rings. The average Bonchev–Trinajstić information content (AvgIpc) is 2.79. The first-order valence-electron chi connectivity index (χ1n) is 4.93. The molecule has 88 valence electrons. The Morgan fingerprint density at radius 1 is 1.47 bits per heavy atom. The summed E-state index contributed by atoms with van der Waals surface area (Å²) in [5, 5.41) is 8.33. The molecule has 0 saturated carbocycles. The van der Waals surface area contributed by atoms with Crippen molar-refractivity contribution in [2.45, 2.75) is 0 Å². The Balaban J connectivity index is 1.85. The van der Waals surface area contributed by atoms with Crippen LogP contribution in [0.4, 0.5) is 10.8 Å². The number of hydrogen-bond donors (Lipinski definition) is 2. The van der Waals surface area contributed by atoms with Gasteiger partial charge in [0, 0.05) is 21.7 Å². The van der Waals surface area contributed by atoms with Crippen molar-refractivity contribution in [3.63, 3.8) is 0 Å². The van der Waals surface area contributed by atoms with Gasteiger partial charge in [-0.3, -0.25) is 4.79 Å². The molecule has 1 aromatic carbocycles. The van der Waals surface area contributed by atoms with E-state index in [-0.39, 0.29) is 12.5 Å². The van der Waals surface area contributed by atoms with Crippen LogP contribution >= 0.6 is 27.3 Å². The lowest BCUT2D eigenvalue weighted by Crippen LogP contribution is -2.21. The third-order valence-electron chi connectivity index (χ3n) is 1.94. The minimum absolute atomic E-state index is 0.0988. The monoisotopic (exact) mass is 311 g/mol. The van der Waals surface area contributed by atoms with E-state index in [0.717, 1.165) is 15.3 Å². The van der Waals surface area contributed by atoms with Gasteiger partial charge >= 0.3 is 0 Å². The fourth-order valence-corrected chi connectivity index (χ4v) is 2.17. The van der Waals surface area contributed by atoms with Crippen molar-refractivity contribution in [1.82, 2.24) is 4.98 Å². The van der Waals surface area contributed by atoms with Crippen LogP contribution < -0.4 is 10.6 Å². The Bertz CT molecular complexity index is 501. The van der Waals surface area contributed by atoms with Gasteiger partial charge in [0.15, 0.2) is 5.13 Å². The standard InChI is InChI=1S/C11H10BrN3OS/c12-8-2-1-3-9(6-8)15-10(16)7-14-11-13-4-5-17-11/h1-6H,7H2,(H,13,14)(H,15,16). The van der Waals surface area contributed by atoms with E-state index < -0.39 is 0 Å². The zero-order valence-electron chi connectivity index (χ0n) is 8.81. The minimum atomic E-state index is -0.0988. The Morgan fingerprint density at radius 3 is 3.06 bits per heavy atom. The molecule has 0 aliphatic rings. The topological polar surface area (TPSA) is 54.0 Å². The molecule has 0 atom stereocenters. The quantitative estimate of drug-likeness (QED) is 0.912. The maximum atomic E-state index is 11.6. The Hall–Kier alpha value is -1.40. The average molecular weight is 312 g/mol. The van der Waals surface area contributed by atoms with Gasteiger partial charge in [0.2, 0.25) is 5.91 Å². The maximum Gasteiger partial charge on any atom is 0.243 e. The molecule has 17 heavy (non-hydrogen) atoms. The summed E-state index contributed by atoms with van der Waals surface area (Å²) in [5.74, 6) is -0.0988. The Kier molecular flexibility index (Phi) is 4.11. The first kappa shape index (κ1) is 12.1. The largest absolute Gasteiger partial charge is 0.352 e. The Morgan fingerprint density at radius 2 is 2.35 bits per heavy atom. The van der Waals surface area contributed by atoms with Crippen molar-refractivity contribution in [3.8, 4) is 0 Å². The van der Waals surface area contributed by atoms with Crippen LogP contribution in [0.25, 0.3) is 0 Å². The number of anilines is 2. The lowest BCUT2D eigenvalue weighted by molar-refractivity contribution is -0.114. The summed E-state index contributed by atoms with van der Waals surface area (Å²) in [6.07, 6.45) is 1.69. The predicted octanol–water partition coefficient (Wildman–Crippen LogP) is 2.96. The molecule has 1 heterocycles. The highest BCUT2D eigenvalue weighted by atomic mass is 79.9. The predicted molar refractivity (Wildman–Crippen MR) is 73.4 cm³/mol. The number of carbonyl (C=O) groups excluding carboxylic acids is 1. The van der Waals surface area contributed by atoms with Gasteiger partial charge in [0.1, 0.15) is 0 Å². The van der Waals surface area contributed by atoms with Crippen molar-refractivity contribution in [3.05, 3.63) is 40.3 Å². The van der Waals surface area contributed by atoms with Gasteiger partial charge in [-0.05, 0) is 18.2 Å². The third-order valence-corrected chi connectivity index (χ3v) is 3.16. The van der Waals surface area contributed by atoms with Gasteiger partial charge in [0.25, 0.3) is 0 Å². The van der Waals surface area contributed by atoms with Gasteiger partial charge < -0.3 is 10.6 Å². The van der Waals surface area contributed by atoms with E-state index in [9.17, 15) is 4.79 Å². The first-order valence-corrected chi connectivity index (χ1v) is 6.60. The highest BCUT2D eigenvalue weighted by Crippen LogP contribution is 2.15. The second-order valence-corrected chi connectivity index (χ2v) is 5.06. The number of nitrogens with zero attached hydrogens (tertiary/aromatic N) is 1. The zero-order valence-corrected chi connectivity index (χ0v) is 11.2. The molecule has 0 saturated heterocycles. The molecular formula is C11H10BrN3OS. The Labute approximate surface area is 111 Å². The minimum Gasteiger partial charge on any atom is -0.352 e. The highest BCUT2D eigenvalue weighted by molar-refractivity contribution is 9.10. The first-order chi connectivity index (χ1) is 8.24. The number of aromatic nitrogens is 1. The number of nitrogens with one attached hydrogen (secondary N) is 2. The number of halogens is 1. The van der Waals surface area contributed by atoms with E-state index in [1.807, 2.05) is 29.6 Å². The number of benzene rings is 1. The molecule has 1 aromatic heterocycles. The summed E-state index contributed by atoms with van der Waals surface area (Å²) in [6, 6.07) is 7.46. The van der Waals surface area contributed by atoms with Crippen LogP contribution in [0.3, 0.4) is 0 Å². The fourth-order valence-electron chi connectivity index (χ4n) is 1.24. The number of thiazole rings is 1. The van der Waals surface area contributed by atoms with Gasteiger partial charge in [-0.25, -0.2) is 4.98 Å². The van der Waals surface area contributed by atoms with E-state index in [4.69, 9.17) is 0 Å². The molecular weight excluding hydrogens is 302 g/mol. The normalized spacial score (nSPS) is 9.94. The lowest BCUT2D eigenvalue weighted by atomic mass is 10.3. The highest BCUT2D eigenvalue weighted by Gasteiger charge is 2.03. The molecule has 0 spiro atoms. The van der Waals surface area contributed by atoms with E-state index in [1.54, 1.807) is 6.20 Å². The molecule has 0 aliphatic carbocycles. The van der Waals surface area contributed by atoms with Crippen molar-refractivity contribution in [2.75, 3.05) is 17.2 Å². The third kappa shape index (κ3) is 3.83. The van der Waals surface area contributed by atoms with E-state index in [0.29, 0.717) is 0 Å². The van der Waals surface area contributed by atoms with Crippen LogP contribution in [-0.2, 0) is 4.79 Å². The summed E-state index contributed by atoms with van der Waals surface area (Å²) in [5.41, 5.74) is 0.769. The van der Waals surface area contributed by atoms with Crippen molar-refractivity contribution >= 4 is 44.0 Å². The summed E-state index contributed by atoms with van der Waals surface area (Å²) >= 11 is 4.81. The van der Waals surface area contributed by atoms with Gasteiger partial charge in [-0.2, -0.15) is 0 Å². The van der Waals surface area contributed by atoms with Crippen molar-refractivity contribution in [2.24, 2.45) is 0 Å². The molecule has 2 N–H and O–H groups in total. The molecule has 0 radical (unpaired) electrons. The lowest BCUT2D eigenvalue weighted by Gasteiger charge is -2.05. The number of amides is 1. The van der Waals surface area contributed by atoms with Crippen molar-refractivity contribution in [1.29, 1.82) is 0 Å². The van der Waals surface area contributed by atoms with Crippen molar-refractivity contribution < 1.29 is 4.79 Å². The summed E-state index contributed by atoms with van der Waals surface area (Å²) in [4.78, 5) is 15.6. The SMILES string of the molecule is O=C(CNc1nccs1)Nc1cccc(Br)c1. The van der Waals surface area contributed by atoms with Gasteiger partial charge in [-0.1, -0.05) is 22.0 Å². The van der Waals surface area contributed by atoms with Crippen LogP contribution in [0.1, 0.15) is 0 Å². The number of carbonyl (C=O) groups is 1. The van der Waals surface area contributed by atoms with Crippen LogP contribution in [0.15, 0.2) is 40.3 Å². The molecule has 4 nitrogen and oxygen atoms in total. The number of hydrogen-bond acceptors (Lipinski definition) is 4. The van der Waals surface area contributed by atoms with Crippen LogP contribution in [0.2, 0.25) is 0 Å². The second kappa shape index (κ2) is 5.79. The molecule has 0 bridgehead atoms. The van der Waals surface area contributed by atoms with Gasteiger partial charge in [-0.15, -0.1) is 11.3 Å². The van der Waals surface area contributed by atoms with Gasteiger partial charge in [0.05, 0.1) is 6.54 Å². The molecule has 0 fully saturated rings. The zero-order chi connectivity index (χ0) is 12.1. The maximum absolute atomic E-state index is 11.6. The molecule has 0 aliphatic heterocycles. The van der Waals surface area contributed by atoms with Crippen LogP contribution in [0, 0.1) is 0 Å².